The van der Waals surface area contributed by atoms with Gasteiger partial charge in [0.05, 0.1) is 14.2 Å². The first-order valence-electron chi connectivity index (χ1n) is 6.45. The number of nitrogens with zero attached hydrogens (tertiary/aromatic N) is 1. The molecule has 2 heterocycles. The largest absolute Gasteiger partial charge is 0.493 e. The average Bonchev–Trinajstić information content (AvgIpc) is 2.45. The van der Waals surface area contributed by atoms with Crippen molar-refractivity contribution in [2.45, 2.75) is 12.8 Å². The van der Waals surface area contributed by atoms with Gasteiger partial charge in [-0.15, -0.1) is 0 Å². The first-order valence-corrected chi connectivity index (χ1v) is 6.45. The Kier molecular flexibility index (Phi) is 2.93. The van der Waals surface area contributed by atoms with Crippen LogP contribution in [0.2, 0.25) is 0 Å². The number of methoxy groups -OCH3 is 2. The minimum Gasteiger partial charge on any atom is -0.493 e. The van der Waals surface area contributed by atoms with Gasteiger partial charge in [0.2, 0.25) is 0 Å². The maximum Gasteiger partial charge on any atom is 0.161 e. The van der Waals surface area contributed by atoms with E-state index in [9.17, 15) is 4.79 Å². The van der Waals surface area contributed by atoms with Crippen molar-refractivity contribution in [1.82, 2.24) is 4.90 Å². The van der Waals surface area contributed by atoms with Crippen molar-refractivity contribution in [2.75, 3.05) is 27.3 Å². The fraction of sp³-hybridized carbons (Fsp3) is 0.400. The van der Waals surface area contributed by atoms with Crippen LogP contribution in [-0.2, 0) is 4.79 Å². The maximum atomic E-state index is 11.7. The van der Waals surface area contributed by atoms with Gasteiger partial charge in [0.15, 0.2) is 11.5 Å². The third-order valence-electron chi connectivity index (χ3n) is 3.81. The highest BCUT2D eigenvalue weighted by atomic mass is 16.5. The smallest absolute Gasteiger partial charge is 0.161 e. The van der Waals surface area contributed by atoms with Crippen LogP contribution in [0.1, 0.15) is 12.8 Å². The summed E-state index contributed by atoms with van der Waals surface area (Å²) in [6.07, 6.45) is 3.35. The number of rotatable bonds is 2. The van der Waals surface area contributed by atoms with E-state index in [1.54, 1.807) is 14.2 Å². The van der Waals surface area contributed by atoms with E-state index in [2.05, 4.69) is 11.0 Å². The number of ketones is 1. The molecule has 0 aliphatic carbocycles. The van der Waals surface area contributed by atoms with Crippen LogP contribution in [0.3, 0.4) is 0 Å². The molecule has 19 heavy (non-hydrogen) atoms. The lowest BCUT2D eigenvalue weighted by Crippen LogP contribution is -2.43. The van der Waals surface area contributed by atoms with Crippen molar-refractivity contribution in [2.24, 2.45) is 0 Å². The van der Waals surface area contributed by atoms with Gasteiger partial charge in [-0.3, -0.25) is 4.79 Å². The third-order valence-corrected chi connectivity index (χ3v) is 3.81. The average molecular weight is 259 g/mol. The molecule has 1 aromatic rings. The fourth-order valence-corrected chi connectivity index (χ4v) is 2.77. The number of carbonyl (C=O) groups excluding carboxylic acids is 1. The summed E-state index contributed by atoms with van der Waals surface area (Å²) in [4.78, 5) is 14.0. The zero-order chi connectivity index (χ0) is 13.4. The fourth-order valence-electron chi connectivity index (χ4n) is 2.77. The van der Waals surface area contributed by atoms with Crippen LogP contribution in [-0.4, -0.2) is 38.0 Å². The van der Waals surface area contributed by atoms with E-state index in [4.69, 9.17) is 9.47 Å². The summed E-state index contributed by atoms with van der Waals surface area (Å²) in [5.74, 6) is 1.75. The zero-order valence-electron chi connectivity index (χ0n) is 11.2. The number of ether oxygens (including phenoxy) is 2. The van der Waals surface area contributed by atoms with Gasteiger partial charge in [-0.25, -0.2) is 0 Å². The predicted octanol–water partition coefficient (Wildman–Crippen LogP) is 0.271. The zero-order valence-corrected chi connectivity index (χ0v) is 11.2. The summed E-state index contributed by atoms with van der Waals surface area (Å²) in [6.45, 7) is 1.68. The van der Waals surface area contributed by atoms with Crippen LogP contribution in [0.15, 0.2) is 12.1 Å². The molecule has 1 saturated heterocycles. The minimum absolute atomic E-state index is 0.314. The molecule has 0 aromatic heterocycles. The Bertz CT molecular complexity index is 648. The molecule has 3 rings (SSSR count). The highest BCUT2D eigenvalue weighted by Gasteiger charge is 2.23. The summed E-state index contributed by atoms with van der Waals surface area (Å²) in [5.41, 5.74) is 1.12. The molecule has 1 fully saturated rings. The van der Waals surface area contributed by atoms with Gasteiger partial charge < -0.3 is 14.4 Å². The standard InChI is InChI=1S/C15H17NO3/c1-18-14-7-10-3-5-16-6-4-11(17)8-13(16)12(10)9-15(14)19-2/h3,7,9H,4-6,8H2,1-2H3. The predicted molar refractivity (Wildman–Crippen MR) is 72.5 cm³/mol. The van der Waals surface area contributed by atoms with Crippen molar-refractivity contribution in [3.8, 4) is 11.5 Å². The maximum absolute atomic E-state index is 11.7. The number of piperidine rings is 1. The number of benzene rings is 1. The van der Waals surface area contributed by atoms with Crippen molar-refractivity contribution < 1.29 is 14.3 Å². The summed E-state index contributed by atoms with van der Waals surface area (Å²) in [7, 11) is 3.27. The van der Waals surface area contributed by atoms with E-state index in [0.717, 1.165) is 35.0 Å². The van der Waals surface area contributed by atoms with Crippen LogP contribution >= 0.6 is 0 Å². The van der Waals surface area contributed by atoms with E-state index in [-0.39, 0.29) is 0 Å². The Hall–Kier alpha value is -1.97. The van der Waals surface area contributed by atoms with Crippen molar-refractivity contribution in [3.05, 3.63) is 22.6 Å². The van der Waals surface area contributed by atoms with Gasteiger partial charge in [-0.1, -0.05) is 6.08 Å². The lowest BCUT2D eigenvalue weighted by atomic mass is 9.99. The Morgan fingerprint density at radius 2 is 1.89 bits per heavy atom. The molecule has 4 nitrogen and oxygen atoms in total. The summed E-state index contributed by atoms with van der Waals surface area (Å²) in [5, 5.41) is 2.22. The minimum atomic E-state index is 0.314. The molecule has 0 radical (unpaired) electrons. The van der Waals surface area contributed by atoms with Crippen molar-refractivity contribution in [1.29, 1.82) is 0 Å². The second kappa shape index (κ2) is 4.61. The monoisotopic (exact) mass is 259 g/mol. The first-order chi connectivity index (χ1) is 9.22. The number of Topliss-reactive ketones (excluding diaryl/α,β-unsaturated/α-hetero) is 1. The van der Waals surface area contributed by atoms with Crippen LogP contribution in [0.4, 0.5) is 0 Å². The number of hydrogen-bond acceptors (Lipinski definition) is 4. The van der Waals surface area contributed by atoms with E-state index in [0.29, 0.717) is 24.4 Å². The van der Waals surface area contributed by atoms with Crippen LogP contribution in [0, 0.1) is 0 Å². The number of hydrogen-bond donors (Lipinski definition) is 0. The third kappa shape index (κ3) is 1.97. The van der Waals surface area contributed by atoms with E-state index >= 15 is 0 Å². The lowest BCUT2D eigenvalue weighted by molar-refractivity contribution is -0.119. The Morgan fingerprint density at radius 1 is 1.16 bits per heavy atom. The summed E-state index contributed by atoms with van der Waals surface area (Å²) in [6, 6.07) is 3.96. The molecule has 0 atom stereocenters. The van der Waals surface area contributed by atoms with Gasteiger partial charge in [0.25, 0.3) is 0 Å². The Labute approximate surface area is 111 Å². The topological polar surface area (TPSA) is 38.8 Å². The molecule has 0 spiro atoms. The molecule has 1 aromatic carbocycles. The van der Waals surface area contributed by atoms with Gasteiger partial charge in [-0.05, 0) is 17.4 Å². The second-order valence-electron chi connectivity index (χ2n) is 4.86. The van der Waals surface area contributed by atoms with Crippen molar-refractivity contribution in [3.63, 3.8) is 0 Å². The van der Waals surface area contributed by atoms with Gasteiger partial charge in [-0.2, -0.15) is 0 Å². The molecule has 0 bridgehead atoms. The normalized spacial score (nSPS) is 17.5. The van der Waals surface area contributed by atoms with Gasteiger partial charge in [0.1, 0.15) is 5.78 Å². The van der Waals surface area contributed by atoms with Crippen LogP contribution in [0.25, 0.3) is 11.8 Å². The SMILES string of the molecule is COc1cc2c(cc1OC)=C1CC(=O)CCN1CC=2. The molecule has 100 valence electrons. The second-order valence-corrected chi connectivity index (χ2v) is 4.86. The molecule has 0 saturated carbocycles. The molecule has 4 heteroatoms. The highest BCUT2D eigenvalue weighted by molar-refractivity contribution is 5.88. The summed E-state index contributed by atoms with van der Waals surface area (Å²) >= 11 is 0. The Balaban J connectivity index is 2.25. The van der Waals surface area contributed by atoms with Crippen molar-refractivity contribution >= 4 is 17.6 Å². The van der Waals surface area contributed by atoms with Crippen LogP contribution in [0.5, 0.6) is 11.5 Å². The molecule has 0 N–H and O–H groups in total. The molecule has 2 aliphatic rings. The number of carbonyl (C=O) groups is 1. The van der Waals surface area contributed by atoms with E-state index in [1.807, 2.05) is 12.1 Å². The molecule has 2 aliphatic heterocycles. The van der Waals surface area contributed by atoms with Gasteiger partial charge >= 0.3 is 0 Å². The first kappa shape index (κ1) is 12.1. The molecule has 0 unspecified atom stereocenters. The molecular weight excluding hydrogens is 242 g/mol. The lowest BCUT2D eigenvalue weighted by Gasteiger charge is -2.32. The van der Waals surface area contributed by atoms with Crippen LogP contribution < -0.4 is 19.9 Å². The summed E-state index contributed by atoms with van der Waals surface area (Å²) < 4.78 is 10.7. The molecule has 0 amide bonds. The van der Waals surface area contributed by atoms with E-state index < -0.39 is 0 Å². The molecular formula is C15H17NO3. The van der Waals surface area contributed by atoms with Gasteiger partial charge in [0, 0.05) is 36.8 Å². The Morgan fingerprint density at radius 3 is 2.63 bits per heavy atom. The highest BCUT2D eigenvalue weighted by Crippen LogP contribution is 2.24. The van der Waals surface area contributed by atoms with E-state index in [1.165, 1.54) is 0 Å². The quantitative estimate of drug-likeness (QED) is 0.764. The number of fused-ring (bicyclic) bond motifs is 2.